The lowest BCUT2D eigenvalue weighted by Crippen LogP contribution is -2.22. The number of anilines is 2. The highest BCUT2D eigenvalue weighted by molar-refractivity contribution is 5.91. The van der Waals surface area contributed by atoms with E-state index in [-0.39, 0.29) is 29.2 Å². The molecule has 1 N–H and O–H groups in total. The molecule has 2 aromatic carbocycles. The van der Waals surface area contributed by atoms with E-state index < -0.39 is 11.6 Å². The van der Waals surface area contributed by atoms with Crippen LogP contribution in [0, 0.1) is 22.9 Å². The third-order valence-electron chi connectivity index (χ3n) is 5.77. The van der Waals surface area contributed by atoms with Crippen LogP contribution in [0.15, 0.2) is 30.3 Å². The molecule has 4 rings (SSSR count). The van der Waals surface area contributed by atoms with Crippen molar-refractivity contribution < 1.29 is 18.0 Å². The number of rotatable bonds is 4. The Morgan fingerprint density at radius 3 is 2.57 bits per heavy atom. The molecule has 2 aliphatic rings. The van der Waals surface area contributed by atoms with E-state index in [1.165, 1.54) is 18.2 Å². The van der Waals surface area contributed by atoms with Crippen LogP contribution >= 0.6 is 0 Å². The van der Waals surface area contributed by atoms with Crippen LogP contribution in [0.3, 0.4) is 0 Å². The average Bonchev–Trinajstić information content (AvgIpc) is 3.40. The molecule has 0 unspecified atom stereocenters. The van der Waals surface area contributed by atoms with E-state index in [1.807, 2.05) is 11.8 Å². The third-order valence-corrected chi connectivity index (χ3v) is 5.77. The number of carbonyl (C=O) groups excluding carboxylic acids is 1. The fraction of sp³-hybridized carbons (Fsp3) is 0.409. The molecule has 1 heterocycles. The van der Waals surface area contributed by atoms with Crippen LogP contribution in [0.4, 0.5) is 24.5 Å². The van der Waals surface area contributed by atoms with Crippen LogP contribution in [-0.2, 0) is 17.8 Å². The summed E-state index contributed by atoms with van der Waals surface area (Å²) >= 11 is 0. The number of halogens is 3. The SMILES string of the molecule is CC1(CC(=O)Nc2c(F)cc3c(c2F)CCCN(c2ccc(F)cc2)C3)CC1. The molecule has 6 heteroatoms. The largest absolute Gasteiger partial charge is 0.367 e. The van der Waals surface area contributed by atoms with Crippen molar-refractivity contribution in [3.63, 3.8) is 0 Å². The molecule has 0 atom stereocenters. The fourth-order valence-electron chi connectivity index (χ4n) is 3.80. The summed E-state index contributed by atoms with van der Waals surface area (Å²) in [6, 6.07) is 7.40. The number of hydrogen-bond acceptors (Lipinski definition) is 2. The lowest BCUT2D eigenvalue weighted by atomic mass is 10.0. The van der Waals surface area contributed by atoms with E-state index in [4.69, 9.17) is 0 Å². The number of benzene rings is 2. The smallest absolute Gasteiger partial charge is 0.225 e. The van der Waals surface area contributed by atoms with Crippen molar-refractivity contribution in [2.75, 3.05) is 16.8 Å². The van der Waals surface area contributed by atoms with Crippen molar-refractivity contribution in [1.82, 2.24) is 0 Å². The van der Waals surface area contributed by atoms with Crippen LogP contribution in [0.1, 0.15) is 43.7 Å². The zero-order valence-electron chi connectivity index (χ0n) is 15.8. The summed E-state index contributed by atoms with van der Waals surface area (Å²) in [7, 11) is 0. The Morgan fingerprint density at radius 1 is 1.18 bits per heavy atom. The lowest BCUT2D eigenvalue weighted by Gasteiger charge is -2.23. The van der Waals surface area contributed by atoms with Gasteiger partial charge >= 0.3 is 0 Å². The molecule has 28 heavy (non-hydrogen) atoms. The summed E-state index contributed by atoms with van der Waals surface area (Å²) in [6.45, 7) is 2.99. The van der Waals surface area contributed by atoms with Gasteiger partial charge in [0.15, 0.2) is 5.82 Å². The lowest BCUT2D eigenvalue weighted by molar-refractivity contribution is -0.117. The molecule has 1 fully saturated rings. The van der Waals surface area contributed by atoms with Crippen molar-refractivity contribution in [1.29, 1.82) is 0 Å². The van der Waals surface area contributed by atoms with Crippen molar-refractivity contribution in [2.45, 2.75) is 45.6 Å². The fourth-order valence-corrected chi connectivity index (χ4v) is 3.80. The van der Waals surface area contributed by atoms with Crippen molar-refractivity contribution >= 4 is 17.3 Å². The van der Waals surface area contributed by atoms with Crippen molar-refractivity contribution in [3.05, 3.63) is 58.9 Å². The van der Waals surface area contributed by atoms with E-state index >= 15 is 4.39 Å². The molecular weight excluding hydrogens is 365 g/mol. The monoisotopic (exact) mass is 388 g/mol. The van der Waals surface area contributed by atoms with E-state index in [1.54, 1.807) is 12.1 Å². The maximum atomic E-state index is 15.1. The van der Waals surface area contributed by atoms with Crippen molar-refractivity contribution in [3.8, 4) is 0 Å². The molecule has 2 aromatic rings. The molecule has 0 spiro atoms. The average molecular weight is 388 g/mol. The van der Waals surface area contributed by atoms with Gasteiger partial charge in [-0.1, -0.05) is 6.92 Å². The minimum Gasteiger partial charge on any atom is -0.367 e. The van der Waals surface area contributed by atoms with Gasteiger partial charge in [0.1, 0.15) is 17.3 Å². The third kappa shape index (κ3) is 3.86. The Kier molecular flexibility index (Phi) is 4.81. The molecule has 148 valence electrons. The minimum absolute atomic E-state index is 0.0294. The summed E-state index contributed by atoms with van der Waals surface area (Å²) in [5.41, 5.74) is 1.44. The van der Waals surface area contributed by atoms with Crippen LogP contribution in [0.25, 0.3) is 0 Å². The summed E-state index contributed by atoms with van der Waals surface area (Å²) in [5, 5.41) is 2.45. The normalized spacial score (nSPS) is 17.6. The van der Waals surface area contributed by atoms with Gasteiger partial charge in [-0.05, 0) is 72.6 Å². The highest BCUT2D eigenvalue weighted by Gasteiger charge is 2.39. The van der Waals surface area contributed by atoms with Gasteiger partial charge in [-0.2, -0.15) is 0 Å². The first-order valence-electron chi connectivity index (χ1n) is 9.65. The number of carbonyl (C=O) groups is 1. The van der Waals surface area contributed by atoms with Gasteiger partial charge in [0.2, 0.25) is 5.91 Å². The standard InChI is InChI=1S/C22H23F3N2O/c1-22(8-9-22)12-19(28)26-21-18(24)11-14-13-27(10-2-3-17(14)20(21)25)16-6-4-15(23)5-7-16/h4-7,11H,2-3,8-10,12-13H2,1H3,(H,26,28). The molecule has 1 aliphatic heterocycles. The Bertz CT molecular complexity index is 907. The molecular formula is C22H23F3N2O. The molecule has 1 saturated carbocycles. The summed E-state index contributed by atoms with van der Waals surface area (Å²) in [4.78, 5) is 14.2. The topological polar surface area (TPSA) is 32.3 Å². The maximum absolute atomic E-state index is 15.1. The van der Waals surface area contributed by atoms with Crippen LogP contribution in [0.2, 0.25) is 0 Å². The maximum Gasteiger partial charge on any atom is 0.225 e. The Hall–Kier alpha value is -2.50. The number of nitrogens with zero attached hydrogens (tertiary/aromatic N) is 1. The van der Waals surface area contributed by atoms with E-state index in [0.717, 1.165) is 18.5 Å². The van der Waals surface area contributed by atoms with Gasteiger partial charge in [-0.15, -0.1) is 0 Å². The highest BCUT2D eigenvalue weighted by Crippen LogP contribution is 2.48. The Balaban J connectivity index is 1.58. The predicted octanol–water partition coefficient (Wildman–Crippen LogP) is 5.19. The quantitative estimate of drug-likeness (QED) is 0.782. The second-order valence-corrected chi connectivity index (χ2v) is 8.22. The molecule has 0 aromatic heterocycles. The van der Waals surface area contributed by atoms with Gasteiger partial charge in [0.05, 0.1) is 0 Å². The van der Waals surface area contributed by atoms with Crippen LogP contribution < -0.4 is 10.2 Å². The van der Waals surface area contributed by atoms with Crippen LogP contribution in [0.5, 0.6) is 0 Å². The van der Waals surface area contributed by atoms with Gasteiger partial charge < -0.3 is 10.2 Å². The molecule has 0 saturated heterocycles. The number of fused-ring (bicyclic) bond motifs is 1. The molecule has 0 radical (unpaired) electrons. The Morgan fingerprint density at radius 2 is 1.89 bits per heavy atom. The number of amides is 1. The highest BCUT2D eigenvalue weighted by atomic mass is 19.1. The number of hydrogen-bond donors (Lipinski definition) is 1. The number of nitrogens with one attached hydrogen (secondary N) is 1. The van der Waals surface area contributed by atoms with Crippen LogP contribution in [-0.4, -0.2) is 12.5 Å². The molecule has 1 aliphatic carbocycles. The zero-order valence-corrected chi connectivity index (χ0v) is 15.8. The second kappa shape index (κ2) is 7.15. The van der Waals surface area contributed by atoms with E-state index in [9.17, 15) is 13.6 Å². The van der Waals surface area contributed by atoms with E-state index in [2.05, 4.69) is 5.32 Å². The van der Waals surface area contributed by atoms with Gasteiger partial charge in [-0.3, -0.25) is 4.79 Å². The first kappa shape index (κ1) is 18.8. The molecule has 3 nitrogen and oxygen atoms in total. The zero-order chi connectivity index (χ0) is 19.9. The predicted molar refractivity (Wildman–Crippen MR) is 103 cm³/mol. The second-order valence-electron chi connectivity index (χ2n) is 8.22. The minimum atomic E-state index is -0.758. The van der Waals surface area contributed by atoms with Gasteiger partial charge in [0.25, 0.3) is 0 Å². The molecule has 0 bridgehead atoms. The van der Waals surface area contributed by atoms with Crippen molar-refractivity contribution in [2.24, 2.45) is 5.41 Å². The van der Waals surface area contributed by atoms with Gasteiger partial charge in [0, 0.05) is 25.2 Å². The Labute approximate surface area is 162 Å². The summed E-state index contributed by atoms with van der Waals surface area (Å²) < 4.78 is 42.9. The summed E-state index contributed by atoms with van der Waals surface area (Å²) in [6.07, 6.45) is 3.35. The summed E-state index contributed by atoms with van der Waals surface area (Å²) in [5.74, 6) is -2.10. The van der Waals surface area contributed by atoms with Gasteiger partial charge in [-0.25, -0.2) is 13.2 Å². The van der Waals surface area contributed by atoms with E-state index in [0.29, 0.717) is 37.1 Å². The first-order chi connectivity index (χ1) is 13.3. The molecule has 1 amide bonds. The first-order valence-corrected chi connectivity index (χ1v) is 9.65.